The smallest absolute Gasteiger partial charge is 0.234 e. The molecule has 0 aromatic carbocycles. The normalized spacial score (nSPS) is 16.2. The summed E-state index contributed by atoms with van der Waals surface area (Å²) in [7, 11) is 0. The Labute approximate surface area is 142 Å². The molecule has 0 saturated carbocycles. The van der Waals surface area contributed by atoms with Crippen molar-refractivity contribution in [2.45, 2.75) is 32.0 Å². The van der Waals surface area contributed by atoms with Gasteiger partial charge in [0.15, 0.2) is 0 Å². The van der Waals surface area contributed by atoms with Gasteiger partial charge in [0.2, 0.25) is 5.91 Å². The minimum absolute atomic E-state index is 0.0513. The molecular weight excluding hydrogens is 304 g/mol. The molecule has 0 aliphatic carbocycles. The number of likely N-dealkylation sites (tertiary alicyclic amines) is 1. The minimum Gasteiger partial charge on any atom is -0.468 e. The predicted octanol–water partition coefficient (Wildman–Crippen LogP) is 1.54. The Hall–Kier alpha value is -2.18. The first kappa shape index (κ1) is 16.7. The molecule has 2 aromatic rings. The average molecular weight is 328 g/mol. The lowest BCUT2D eigenvalue weighted by atomic mass is 10.0. The van der Waals surface area contributed by atoms with Gasteiger partial charge in [0.25, 0.3) is 0 Å². The van der Waals surface area contributed by atoms with Gasteiger partial charge in [-0.2, -0.15) is 0 Å². The van der Waals surface area contributed by atoms with Crippen molar-refractivity contribution in [3.63, 3.8) is 0 Å². The third kappa shape index (κ3) is 5.18. The number of nitrogens with zero attached hydrogens (tertiary/aromatic N) is 2. The Morgan fingerprint density at radius 1 is 1.25 bits per heavy atom. The second-order valence-corrected chi connectivity index (χ2v) is 6.12. The first-order valence-corrected chi connectivity index (χ1v) is 8.44. The topological polar surface area (TPSA) is 70.4 Å². The minimum atomic E-state index is 0.0513. The molecule has 24 heavy (non-hydrogen) atoms. The van der Waals surface area contributed by atoms with Gasteiger partial charge in [0.1, 0.15) is 5.76 Å². The van der Waals surface area contributed by atoms with Crippen LogP contribution < -0.4 is 10.6 Å². The highest BCUT2D eigenvalue weighted by molar-refractivity contribution is 5.78. The molecule has 1 aliphatic heterocycles. The van der Waals surface area contributed by atoms with E-state index in [1.54, 1.807) is 12.5 Å². The van der Waals surface area contributed by atoms with E-state index in [2.05, 4.69) is 20.5 Å². The largest absolute Gasteiger partial charge is 0.468 e. The molecule has 0 unspecified atom stereocenters. The van der Waals surface area contributed by atoms with Gasteiger partial charge in [0.05, 0.1) is 25.0 Å². The van der Waals surface area contributed by atoms with Gasteiger partial charge in [-0.25, -0.2) is 0 Å². The Kier molecular flexibility index (Phi) is 5.98. The number of furan rings is 1. The van der Waals surface area contributed by atoms with Gasteiger partial charge in [-0.05, 0) is 37.1 Å². The van der Waals surface area contributed by atoms with Crippen LogP contribution in [-0.4, -0.2) is 41.5 Å². The predicted molar refractivity (Wildman–Crippen MR) is 91.1 cm³/mol. The molecule has 0 radical (unpaired) electrons. The van der Waals surface area contributed by atoms with E-state index < -0.39 is 0 Å². The van der Waals surface area contributed by atoms with Gasteiger partial charge in [-0.3, -0.25) is 14.7 Å². The van der Waals surface area contributed by atoms with Crippen LogP contribution in [0.25, 0.3) is 0 Å². The zero-order chi connectivity index (χ0) is 16.6. The standard InChI is InChI=1S/C18H24N4O2/c23-18(13-19-12-16-4-1-2-8-20-16)21-15-6-9-22(10-7-15)14-17-5-3-11-24-17/h1-5,8,11,15,19H,6-7,9-10,12-14H2,(H,21,23). The van der Waals surface area contributed by atoms with Crippen LogP contribution in [-0.2, 0) is 17.9 Å². The van der Waals surface area contributed by atoms with Gasteiger partial charge >= 0.3 is 0 Å². The van der Waals surface area contributed by atoms with Crippen LogP contribution in [0.4, 0.5) is 0 Å². The second-order valence-electron chi connectivity index (χ2n) is 6.12. The highest BCUT2D eigenvalue weighted by Crippen LogP contribution is 2.14. The Morgan fingerprint density at radius 3 is 2.83 bits per heavy atom. The lowest BCUT2D eigenvalue weighted by Crippen LogP contribution is -2.46. The van der Waals surface area contributed by atoms with E-state index in [1.165, 1.54) is 0 Å². The number of nitrogens with one attached hydrogen (secondary N) is 2. The van der Waals surface area contributed by atoms with E-state index in [-0.39, 0.29) is 11.9 Å². The molecule has 0 atom stereocenters. The van der Waals surface area contributed by atoms with Crippen LogP contribution in [0, 0.1) is 0 Å². The van der Waals surface area contributed by atoms with Gasteiger partial charge in [-0.1, -0.05) is 6.07 Å². The van der Waals surface area contributed by atoms with Crippen LogP contribution in [0.15, 0.2) is 47.2 Å². The lowest BCUT2D eigenvalue weighted by Gasteiger charge is -2.31. The molecule has 0 spiro atoms. The van der Waals surface area contributed by atoms with Crippen LogP contribution in [0.1, 0.15) is 24.3 Å². The Bertz CT molecular complexity index is 607. The summed E-state index contributed by atoms with van der Waals surface area (Å²) in [4.78, 5) is 18.6. The number of pyridine rings is 1. The van der Waals surface area contributed by atoms with E-state index in [9.17, 15) is 4.79 Å². The number of hydrogen-bond donors (Lipinski definition) is 2. The molecule has 1 fully saturated rings. The molecule has 3 rings (SSSR count). The molecule has 3 heterocycles. The van der Waals surface area contributed by atoms with Crippen molar-refractivity contribution in [2.24, 2.45) is 0 Å². The van der Waals surface area contributed by atoms with E-state index in [0.29, 0.717) is 13.1 Å². The molecule has 2 N–H and O–H groups in total. The first-order chi connectivity index (χ1) is 11.8. The molecule has 2 aromatic heterocycles. The quantitative estimate of drug-likeness (QED) is 0.807. The van der Waals surface area contributed by atoms with Crippen molar-refractivity contribution in [3.05, 3.63) is 54.2 Å². The lowest BCUT2D eigenvalue weighted by molar-refractivity contribution is -0.121. The third-order valence-electron chi connectivity index (χ3n) is 4.23. The highest BCUT2D eigenvalue weighted by Gasteiger charge is 2.21. The molecular formula is C18H24N4O2. The van der Waals surface area contributed by atoms with Crippen molar-refractivity contribution in [1.82, 2.24) is 20.5 Å². The van der Waals surface area contributed by atoms with Crippen LogP contribution in [0.2, 0.25) is 0 Å². The summed E-state index contributed by atoms with van der Waals surface area (Å²) < 4.78 is 5.38. The molecule has 0 bridgehead atoms. The van der Waals surface area contributed by atoms with Gasteiger partial charge in [-0.15, -0.1) is 0 Å². The number of amides is 1. The summed E-state index contributed by atoms with van der Waals surface area (Å²) in [5.74, 6) is 1.05. The van der Waals surface area contributed by atoms with Crippen LogP contribution in [0.5, 0.6) is 0 Å². The summed E-state index contributed by atoms with van der Waals surface area (Å²) in [5, 5.41) is 6.24. The number of carbonyl (C=O) groups excluding carboxylic acids is 1. The molecule has 128 valence electrons. The van der Waals surface area contributed by atoms with Gasteiger partial charge < -0.3 is 15.1 Å². The number of piperidine rings is 1. The van der Waals surface area contributed by atoms with Crippen molar-refractivity contribution < 1.29 is 9.21 Å². The van der Waals surface area contributed by atoms with Crippen molar-refractivity contribution in [2.75, 3.05) is 19.6 Å². The van der Waals surface area contributed by atoms with Gasteiger partial charge in [0, 0.05) is 31.9 Å². The number of aromatic nitrogens is 1. The van der Waals surface area contributed by atoms with Crippen LogP contribution in [0.3, 0.4) is 0 Å². The monoisotopic (exact) mass is 328 g/mol. The summed E-state index contributed by atoms with van der Waals surface area (Å²) in [5.41, 5.74) is 0.941. The first-order valence-electron chi connectivity index (χ1n) is 8.44. The summed E-state index contributed by atoms with van der Waals surface area (Å²) >= 11 is 0. The van der Waals surface area contributed by atoms with Crippen molar-refractivity contribution in [3.8, 4) is 0 Å². The maximum Gasteiger partial charge on any atom is 0.234 e. The fraction of sp³-hybridized carbons (Fsp3) is 0.444. The SMILES string of the molecule is O=C(CNCc1ccccn1)NC1CCN(Cc2ccco2)CC1. The van der Waals surface area contributed by atoms with E-state index >= 15 is 0 Å². The highest BCUT2D eigenvalue weighted by atomic mass is 16.3. The Balaban J connectivity index is 1.31. The maximum absolute atomic E-state index is 12.0. The fourth-order valence-corrected chi connectivity index (χ4v) is 2.94. The summed E-state index contributed by atoms with van der Waals surface area (Å²) in [6.45, 7) is 3.73. The fourth-order valence-electron chi connectivity index (χ4n) is 2.94. The van der Waals surface area contributed by atoms with E-state index in [4.69, 9.17) is 4.42 Å². The van der Waals surface area contributed by atoms with E-state index in [0.717, 1.165) is 43.9 Å². The third-order valence-corrected chi connectivity index (χ3v) is 4.23. The second kappa shape index (κ2) is 8.61. The zero-order valence-electron chi connectivity index (χ0n) is 13.8. The van der Waals surface area contributed by atoms with E-state index in [1.807, 2.05) is 30.3 Å². The number of carbonyl (C=O) groups is 1. The average Bonchev–Trinajstić information content (AvgIpc) is 3.11. The zero-order valence-corrected chi connectivity index (χ0v) is 13.8. The summed E-state index contributed by atoms with van der Waals surface area (Å²) in [6.07, 6.45) is 5.42. The number of rotatable bonds is 7. The van der Waals surface area contributed by atoms with Crippen LogP contribution >= 0.6 is 0 Å². The molecule has 1 saturated heterocycles. The summed E-state index contributed by atoms with van der Waals surface area (Å²) in [6, 6.07) is 9.96. The maximum atomic E-state index is 12.0. The molecule has 6 nitrogen and oxygen atoms in total. The van der Waals surface area contributed by atoms with Crippen molar-refractivity contribution in [1.29, 1.82) is 0 Å². The number of hydrogen-bond acceptors (Lipinski definition) is 5. The Morgan fingerprint density at radius 2 is 2.12 bits per heavy atom. The molecule has 1 aliphatic rings. The molecule has 6 heteroatoms. The molecule has 1 amide bonds. The van der Waals surface area contributed by atoms with Crippen molar-refractivity contribution >= 4 is 5.91 Å².